The topological polar surface area (TPSA) is 65.8 Å². The highest BCUT2D eigenvalue weighted by Crippen LogP contribution is 2.24. The molecule has 1 aromatic rings. The second-order valence-electron chi connectivity index (χ2n) is 8.32. The molecule has 146 valence electrons. The van der Waals surface area contributed by atoms with Crippen molar-refractivity contribution in [3.05, 3.63) is 18.2 Å². The van der Waals surface area contributed by atoms with Gasteiger partial charge in [0.15, 0.2) is 5.96 Å². The molecule has 0 atom stereocenters. The molecule has 0 aliphatic carbocycles. The maximum absolute atomic E-state index is 12.7. The molecule has 26 heavy (non-hydrogen) atoms. The molecule has 0 unspecified atom stereocenters. The SMILES string of the molecule is CN=C(NCc1nccn1CC(C)C)N1CC(=O)N(C(C)C)C(C)(C)C1. The lowest BCUT2D eigenvalue weighted by atomic mass is 9.96. The number of aromatic nitrogens is 2. The fourth-order valence-corrected chi connectivity index (χ4v) is 3.87. The largest absolute Gasteiger partial charge is 0.349 e. The van der Waals surface area contributed by atoms with Crippen molar-refractivity contribution < 1.29 is 4.79 Å². The van der Waals surface area contributed by atoms with Gasteiger partial charge in [0.25, 0.3) is 0 Å². The number of guanidine groups is 1. The van der Waals surface area contributed by atoms with Gasteiger partial charge in [0, 0.05) is 38.6 Å². The van der Waals surface area contributed by atoms with Crippen LogP contribution in [0.25, 0.3) is 0 Å². The van der Waals surface area contributed by atoms with Crippen LogP contribution in [0.4, 0.5) is 0 Å². The second kappa shape index (κ2) is 8.10. The molecule has 2 heterocycles. The first kappa shape index (κ1) is 20.3. The number of imidazole rings is 1. The molecule has 1 saturated heterocycles. The summed E-state index contributed by atoms with van der Waals surface area (Å²) in [5.74, 6) is 2.42. The van der Waals surface area contributed by atoms with Crippen LogP contribution in [0.1, 0.15) is 47.4 Å². The molecule has 1 aliphatic heterocycles. The Kier molecular flexibility index (Phi) is 6.31. The molecule has 7 heteroatoms. The van der Waals surface area contributed by atoms with Crippen LogP contribution in [-0.2, 0) is 17.9 Å². The van der Waals surface area contributed by atoms with Gasteiger partial charge in [-0.05, 0) is 33.6 Å². The molecule has 1 N–H and O–H groups in total. The Morgan fingerprint density at radius 3 is 2.58 bits per heavy atom. The third-order valence-electron chi connectivity index (χ3n) is 4.62. The summed E-state index contributed by atoms with van der Waals surface area (Å²) < 4.78 is 2.16. The van der Waals surface area contributed by atoms with E-state index < -0.39 is 0 Å². The molecule has 0 spiro atoms. The van der Waals surface area contributed by atoms with E-state index in [0.29, 0.717) is 19.0 Å². The average Bonchev–Trinajstić information content (AvgIpc) is 2.92. The van der Waals surface area contributed by atoms with Crippen LogP contribution < -0.4 is 5.32 Å². The minimum absolute atomic E-state index is 0.139. The zero-order valence-electron chi connectivity index (χ0n) is 17.3. The summed E-state index contributed by atoms with van der Waals surface area (Å²) in [6.45, 7) is 15.4. The number of carbonyl (C=O) groups excluding carboxylic acids is 1. The fourth-order valence-electron chi connectivity index (χ4n) is 3.87. The van der Waals surface area contributed by atoms with Crippen molar-refractivity contribution in [2.24, 2.45) is 10.9 Å². The predicted octanol–water partition coefficient (Wildman–Crippen LogP) is 1.95. The molecule has 0 bridgehead atoms. The summed E-state index contributed by atoms with van der Waals surface area (Å²) in [6.07, 6.45) is 3.84. The van der Waals surface area contributed by atoms with Crippen molar-refractivity contribution in [2.45, 2.75) is 66.2 Å². The van der Waals surface area contributed by atoms with Gasteiger partial charge in [0.2, 0.25) is 5.91 Å². The summed E-state index contributed by atoms with van der Waals surface area (Å²) in [6, 6.07) is 0.193. The van der Waals surface area contributed by atoms with E-state index in [9.17, 15) is 4.79 Å². The summed E-state index contributed by atoms with van der Waals surface area (Å²) in [5, 5.41) is 3.38. The van der Waals surface area contributed by atoms with Crippen molar-refractivity contribution in [3.63, 3.8) is 0 Å². The van der Waals surface area contributed by atoms with Crippen molar-refractivity contribution in [3.8, 4) is 0 Å². The Balaban J connectivity index is 2.06. The van der Waals surface area contributed by atoms with Gasteiger partial charge in [0.05, 0.1) is 18.6 Å². The van der Waals surface area contributed by atoms with Crippen LogP contribution in [0.5, 0.6) is 0 Å². The molecule has 0 radical (unpaired) electrons. The Morgan fingerprint density at radius 2 is 2.04 bits per heavy atom. The van der Waals surface area contributed by atoms with Crippen LogP contribution in [-0.4, -0.2) is 62.9 Å². The van der Waals surface area contributed by atoms with Crippen molar-refractivity contribution in [2.75, 3.05) is 20.1 Å². The van der Waals surface area contributed by atoms with Crippen molar-refractivity contribution in [1.82, 2.24) is 24.7 Å². The van der Waals surface area contributed by atoms with E-state index in [1.54, 1.807) is 7.05 Å². The number of amides is 1. The van der Waals surface area contributed by atoms with Gasteiger partial charge in [-0.2, -0.15) is 0 Å². The molecular formula is C19H34N6O. The molecule has 7 nitrogen and oxygen atoms in total. The molecule has 0 saturated carbocycles. The molecular weight excluding hydrogens is 328 g/mol. The first-order valence-corrected chi connectivity index (χ1v) is 9.43. The van der Waals surface area contributed by atoms with Gasteiger partial charge in [0.1, 0.15) is 5.82 Å². The molecule has 0 aromatic carbocycles. The normalized spacial score (nSPS) is 18.2. The zero-order valence-corrected chi connectivity index (χ0v) is 17.3. The van der Waals surface area contributed by atoms with E-state index in [2.05, 4.69) is 61.4 Å². The minimum atomic E-state index is -0.239. The van der Waals surface area contributed by atoms with Crippen molar-refractivity contribution >= 4 is 11.9 Å². The summed E-state index contributed by atoms with van der Waals surface area (Å²) >= 11 is 0. The number of carbonyl (C=O) groups is 1. The summed E-state index contributed by atoms with van der Waals surface area (Å²) in [5.41, 5.74) is -0.239. The van der Waals surface area contributed by atoms with Gasteiger partial charge >= 0.3 is 0 Å². The lowest BCUT2D eigenvalue weighted by molar-refractivity contribution is -0.145. The highest BCUT2D eigenvalue weighted by atomic mass is 16.2. The van der Waals surface area contributed by atoms with E-state index in [0.717, 1.165) is 24.9 Å². The van der Waals surface area contributed by atoms with Crippen LogP contribution in [0.3, 0.4) is 0 Å². The molecule has 1 fully saturated rings. The predicted molar refractivity (Wildman–Crippen MR) is 105 cm³/mol. The van der Waals surface area contributed by atoms with E-state index in [-0.39, 0.29) is 17.5 Å². The highest BCUT2D eigenvalue weighted by molar-refractivity contribution is 5.88. The highest BCUT2D eigenvalue weighted by Gasteiger charge is 2.40. The number of nitrogens with zero attached hydrogens (tertiary/aromatic N) is 5. The number of nitrogens with one attached hydrogen (secondary N) is 1. The Labute approximate surface area is 157 Å². The van der Waals surface area contributed by atoms with Crippen molar-refractivity contribution in [1.29, 1.82) is 0 Å². The lowest BCUT2D eigenvalue weighted by Gasteiger charge is -2.49. The van der Waals surface area contributed by atoms with E-state index >= 15 is 0 Å². The number of rotatable bonds is 5. The third-order valence-corrected chi connectivity index (χ3v) is 4.62. The number of hydrogen-bond acceptors (Lipinski definition) is 3. The van der Waals surface area contributed by atoms with E-state index in [1.165, 1.54) is 0 Å². The lowest BCUT2D eigenvalue weighted by Crippen LogP contribution is -2.66. The minimum Gasteiger partial charge on any atom is -0.349 e. The molecule has 2 rings (SSSR count). The first-order valence-electron chi connectivity index (χ1n) is 9.43. The Hall–Kier alpha value is -2.05. The van der Waals surface area contributed by atoms with Crippen LogP contribution >= 0.6 is 0 Å². The smallest absolute Gasteiger partial charge is 0.242 e. The maximum Gasteiger partial charge on any atom is 0.242 e. The maximum atomic E-state index is 12.7. The molecule has 1 aromatic heterocycles. The summed E-state index contributed by atoms with van der Waals surface area (Å²) in [4.78, 5) is 25.5. The number of piperazine rings is 1. The van der Waals surface area contributed by atoms with E-state index in [1.807, 2.05) is 22.2 Å². The fraction of sp³-hybridized carbons (Fsp3) is 0.737. The van der Waals surface area contributed by atoms with Gasteiger partial charge in [-0.1, -0.05) is 13.8 Å². The monoisotopic (exact) mass is 362 g/mol. The summed E-state index contributed by atoms with van der Waals surface area (Å²) in [7, 11) is 1.76. The Bertz CT molecular complexity index is 646. The van der Waals surface area contributed by atoms with Gasteiger partial charge < -0.3 is 19.7 Å². The van der Waals surface area contributed by atoms with Crippen LogP contribution in [0.2, 0.25) is 0 Å². The van der Waals surface area contributed by atoms with Gasteiger partial charge in [-0.15, -0.1) is 0 Å². The zero-order chi connectivity index (χ0) is 19.5. The van der Waals surface area contributed by atoms with Crippen LogP contribution in [0, 0.1) is 5.92 Å². The average molecular weight is 363 g/mol. The van der Waals surface area contributed by atoms with Crippen LogP contribution in [0.15, 0.2) is 17.4 Å². The second-order valence-corrected chi connectivity index (χ2v) is 8.32. The van der Waals surface area contributed by atoms with Gasteiger partial charge in [-0.3, -0.25) is 9.79 Å². The van der Waals surface area contributed by atoms with E-state index in [4.69, 9.17) is 0 Å². The third kappa shape index (κ3) is 4.56. The standard InChI is InChI=1S/C19H34N6O/c1-14(2)11-23-9-8-21-16(23)10-22-18(20-7)24-12-17(26)25(15(3)4)19(5,6)13-24/h8-9,14-15H,10-13H2,1-7H3,(H,20,22). The number of hydrogen-bond donors (Lipinski definition) is 1. The first-order chi connectivity index (χ1) is 12.2. The Morgan fingerprint density at radius 1 is 1.35 bits per heavy atom. The van der Waals surface area contributed by atoms with Gasteiger partial charge in [-0.25, -0.2) is 4.98 Å². The quantitative estimate of drug-likeness (QED) is 0.642. The molecule has 1 amide bonds. The number of aliphatic imine (C=N–C) groups is 1. The molecule has 1 aliphatic rings.